The molecule has 0 saturated carbocycles. The van der Waals surface area contributed by atoms with Crippen LogP contribution in [0.2, 0.25) is 0 Å². The number of halogens is 3. The SMILES string of the molecule is O=C(C[C@@H]1C=CCC1)Nc1ccc(F)c(F)c1F. The second-order valence-electron chi connectivity index (χ2n) is 4.24. The average Bonchev–Trinajstić information content (AvgIpc) is 2.83. The van der Waals surface area contributed by atoms with Crippen LogP contribution in [0, 0.1) is 23.4 Å². The molecule has 18 heavy (non-hydrogen) atoms. The Morgan fingerprint density at radius 1 is 1.28 bits per heavy atom. The quantitative estimate of drug-likeness (QED) is 0.651. The molecule has 0 spiro atoms. The number of carbonyl (C=O) groups is 1. The van der Waals surface area contributed by atoms with Gasteiger partial charge in [-0.2, -0.15) is 0 Å². The van der Waals surface area contributed by atoms with Gasteiger partial charge in [0.1, 0.15) is 0 Å². The maximum Gasteiger partial charge on any atom is 0.225 e. The molecule has 0 bridgehead atoms. The van der Waals surface area contributed by atoms with Crippen LogP contribution in [-0.2, 0) is 4.79 Å². The average molecular weight is 255 g/mol. The number of allylic oxidation sites excluding steroid dienone is 2. The molecule has 2 rings (SSSR count). The van der Waals surface area contributed by atoms with Crippen molar-refractivity contribution in [3.05, 3.63) is 41.7 Å². The van der Waals surface area contributed by atoms with E-state index >= 15 is 0 Å². The number of amides is 1. The Morgan fingerprint density at radius 2 is 2.06 bits per heavy atom. The third-order valence-electron chi connectivity index (χ3n) is 2.87. The molecule has 0 fully saturated rings. The predicted molar refractivity (Wildman–Crippen MR) is 61.4 cm³/mol. The summed E-state index contributed by atoms with van der Waals surface area (Å²) in [5.74, 6) is -4.49. The Hall–Kier alpha value is -1.78. The van der Waals surface area contributed by atoms with E-state index in [-0.39, 0.29) is 18.0 Å². The minimum atomic E-state index is -1.58. The Balaban J connectivity index is 2.02. The molecule has 0 aromatic heterocycles. The lowest BCUT2D eigenvalue weighted by Crippen LogP contribution is -2.16. The first-order valence-corrected chi connectivity index (χ1v) is 5.68. The van der Waals surface area contributed by atoms with E-state index < -0.39 is 23.4 Å². The molecule has 1 atom stereocenters. The van der Waals surface area contributed by atoms with Crippen LogP contribution in [0.15, 0.2) is 24.3 Å². The monoisotopic (exact) mass is 255 g/mol. The highest BCUT2D eigenvalue weighted by atomic mass is 19.2. The van der Waals surface area contributed by atoms with Crippen LogP contribution in [0.3, 0.4) is 0 Å². The minimum absolute atomic E-state index is 0.137. The third kappa shape index (κ3) is 2.72. The number of hydrogen-bond donors (Lipinski definition) is 1. The molecule has 1 aromatic carbocycles. The normalized spacial score (nSPS) is 18.1. The molecule has 0 aliphatic heterocycles. The highest BCUT2D eigenvalue weighted by Gasteiger charge is 2.18. The van der Waals surface area contributed by atoms with Gasteiger partial charge in [-0.15, -0.1) is 0 Å². The summed E-state index contributed by atoms with van der Waals surface area (Å²) in [6, 6.07) is 1.79. The first-order chi connectivity index (χ1) is 8.58. The largest absolute Gasteiger partial charge is 0.323 e. The van der Waals surface area contributed by atoms with Crippen LogP contribution < -0.4 is 5.32 Å². The van der Waals surface area contributed by atoms with Gasteiger partial charge >= 0.3 is 0 Å². The van der Waals surface area contributed by atoms with Crippen LogP contribution in [0.4, 0.5) is 18.9 Å². The van der Waals surface area contributed by atoms with E-state index in [0.29, 0.717) is 0 Å². The first kappa shape index (κ1) is 12.7. The Morgan fingerprint density at radius 3 is 2.72 bits per heavy atom. The molecule has 1 N–H and O–H groups in total. The van der Waals surface area contributed by atoms with Gasteiger partial charge in [-0.05, 0) is 30.9 Å². The van der Waals surface area contributed by atoms with Gasteiger partial charge in [-0.3, -0.25) is 4.79 Å². The Bertz CT molecular complexity index is 499. The van der Waals surface area contributed by atoms with Gasteiger partial charge in [0.2, 0.25) is 5.91 Å². The van der Waals surface area contributed by atoms with Crippen LogP contribution in [0.1, 0.15) is 19.3 Å². The summed E-state index contributed by atoms with van der Waals surface area (Å²) in [6.45, 7) is 0. The van der Waals surface area contributed by atoms with E-state index in [4.69, 9.17) is 0 Å². The third-order valence-corrected chi connectivity index (χ3v) is 2.87. The van der Waals surface area contributed by atoms with E-state index in [1.807, 2.05) is 12.2 Å². The fraction of sp³-hybridized carbons (Fsp3) is 0.308. The van der Waals surface area contributed by atoms with Gasteiger partial charge in [-0.25, -0.2) is 13.2 Å². The summed E-state index contributed by atoms with van der Waals surface area (Å²) >= 11 is 0. The van der Waals surface area contributed by atoms with Gasteiger partial charge in [-0.1, -0.05) is 12.2 Å². The molecule has 1 aliphatic carbocycles. The lowest BCUT2D eigenvalue weighted by atomic mass is 10.1. The number of anilines is 1. The molecule has 0 radical (unpaired) electrons. The van der Waals surface area contributed by atoms with Gasteiger partial charge in [0.15, 0.2) is 17.5 Å². The van der Waals surface area contributed by atoms with Crippen molar-refractivity contribution in [2.45, 2.75) is 19.3 Å². The molecule has 0 heterocycles. The number of hydrogen-bond acceptors (Lipinski definition) is 1. The van der Waals surface area contributed by atoms with E-state index in [2.05, 4.69) is 5.32 Å². The van der Waals surface area contributed by atoms with Crippen molar-refractivity contribution in [2.75, 3.05) is 5.32 Å². The summed E-state index contributed by atoms with van der Waals surface area (Å²) in [7, 11) is 0. The molecule has 0 saturated heterocycles. The van der Waals surface area contributed by atoms with E-state index in [0.717, 1.165) is 25.0 Å². The van der Waals surface area contributed by atoms with Gasteiger partial charge < -0.3 is 5.32 Å². The van der Waals surface area contributed by atoms with Gasteiger partial charge in [0.05, 0.1) is 5.69 Å². The van der Waals surface area contributed by atoms with Crippen molar-refractivity contribution in [3.63, 3.8) is 0 Å². The number of benzene rings is 1. The second kappa shape index (κ2) is 5.25. The smallest absolute Gasteiger partial charge is 0.225 e. The summed E-state index contributed by atoms with van der Waals surface area (Å²) < 4.78 is 38.9. The van der Waals surface area contributed by atoms with Crippen molar-refractivity contribution in [1.29, 1.82) is 0 Å². The molecule has 96 valence electrons. The summed E-state index contributed by atoms with van der Waals surface area (Å²) in [4.78, 5) is 11.6. The van der Waals surface area contributed by atoms with Crippen LogP contribution in [-0.4, -0.2) is 5.91 Å². The van der Waals surface area contributed by atoms with Crippen molar-refractivity contribution >= 4 is 11.6 Å². The summed E-state index contributed by atoms with van der Waals surface area (Å²) in [6.07, 6.45) is 5.94. The fourth-order valence-corrected chi connectivity index (χ4v) is 1.93. The van der Waals surface area contributed by atoms with Gasteiger partial charge in [0.25, 0.3) is 0 Å². The topological polar surface area (TPSA) is 29.1 Å². The molecule has 1 aliphatic rings. The number of carbonyl (C=O) groups excluding carboxylic acids is 1. The summed E-state index contributed by atoms with van der Waals surface area (Å²) in [5.41, 5.74) is -0.333. The predicted octanol–water partition coefficient (Wildman–Crippen LogP) is 3.40. The van der Waals surface area contributed by atoms with Crippen molar-refractivity contribution < 1.29 is 18.0 Å². The van der Waals surface area contributed by atoms with Crippen LogP contribution in [0.5, 0.6) is 0 Å². The number of nitrogens with one attached hydrogen (secondary N) is 1. The standard InChI is InChI=1S/C13H12F3NO/c14-9-5-6-10(13(16)12(9)15)17-11(18)7-8-3-1-2-4-8/h1,3,5-6,8H,2,4,7H2,(H,17,18)/t8-/m1/s1. The van der Waals surface area contributed by atoms with Crippen LogP contribution in [0.25, 0.3) is 0 Å². The maximum absolute atomic E-state index is 13.3. The van der Waals surface area contributed by atoms with E-state index in [1.54, 1.807) is 0 Å². The molecule has 5 heteroatoms. The lowest BCUT2D eigenvalue weighted by Gasteiger charge is -2.09. The first-order valence-electron chi connectivity index (χ1n) is 5.68. The molecular formula is C13H12F3NO. The molecule has 0 unspecified atom stereocenters. The maximum atomic E-state index is 13.3. The van der Waals surface area contributed by atoms with E-state index in [9.17, 15) is 18.0 Å². The van der Waals surface area contributed by atoms with Crippen molar-refractivity contribution in [1.82, 2.24) is 0 Å². The van der Waals surface area contributed by atoms with Crippen molar-refractivity contribution in [2.24, 2.45) is 5.92 Å². The Labute approximate surface area is 102 Å². The van der Waals surface area contributed by atoms with E-state index in [1.165, 1.54) is 0 Å². The molecule has 1 amide bonds. The minimum Gasteiger partial charge on any atom is -0.323 e. The highest BCUT2D eigenvalue weighted by Crippen LogP contribution is 2.23. The van der Waals surface area contributed by atoms with Crippen molar-refractivity contribution in [3.8, 4) is 0 Å². The second-order valence-corrected chi connectivity index (χ2v) is 4.24. The fourth-order valence-electron chi connectivity index (χ4n) is 1.93. The van der Waals surface area contributed by atoms with Gasteiger partial charge in [0, 0.05) is 6.42 Å². The zero-order valence-electron chi connectivity index (χ0n) is 9.55. The molecular weight excluding hydrogens is 243 g/mol. The number of rotatable bonds is 3. The molecule has 2 nitrogen and oxygen atoms in total. The molecule has 1 aromatic rings. The highest BCUT2D eigenvalue weighted by molar-refractivity contribution is 5.91. The zero-order chi connectivity index (χ0) is 13.1. The Kier molecular flexibility index (Phi) is 3.69. The summed E-state index contributed by atoms with van der Waals surface area (Å²) in [5, 5.41) is 2.25. The lowest BCUT2D eigenvalue weighted by molar-refractivity contribution is -0.116. The van der Waals surface area contributed by atoms with Crippen LogP contribution >= 0.6 is 0 Å². The zero-order valence-corrected chi connectivity index (χ0v) is 9.55.